The maximum atomic E-state index is 10.3. The van der Waals surface area contributed by atoms with Crippen molar-refractivity contribution in [3.8, 4) is 0 Å². The van der Waals surface area contributed by atoms with Gasteiger partial charge in [0.25, 0.3) is 0 Å². The first-order chi connectivity index (χ1) is 5.61. The first kappa shape index (κ1) is 8.75. The van der Waals surface area contributed by atoms with Crippen molar-refractivity contribution in [1.29, 1.82) is 0 Å². The number of rotatable bonds is 2. The predicted molar refractivity (Wildman–Crippen MR) is 36.2 cm³/mol. The van der Waals surface area contributed by atoms with E-state index in [1.807, 2.05) is 0 Å². The van der Waals surface area contributed by atoms with Crippen molar-refractivity contribution in [2.75, 3.05) is 0 Å². The molecule has 0 radical (unpaired) electrons. The Bertz CT molecular complexity index is 311. The van der Waals surface area contributed by atoms with Crippen LogP contribution in [-0.2, 0) is 11.1 Å². The molecular weight excluding hydrogens is 184 g/mol. The van der Waals surface area contributed by atoms with Gasteiger partial charge in [-0.2, -0.15) is 0 Å². The summed E-state index contributed by atoms with van der Waals surface area (Å²) in [5, 5.41) is 7.88. The van der Waals surface area contributed by atoms with E-state index in [2.05, 4.69) is 9.97 Å². The molecule has 1 rings (SSSR count). The molecule has 0 aliphatic heterocycles. The summed E-state index contributed by atoms with van der Waals surface area (Å²) in [6, 6.07) is 1.11. The van der Waals surface area contributed by atoms with Crippen LogP contribution in [0, 0.1) is 0 Å². The van der Waals surface area contributed by atoms with Crippen molar-refractivity contribution >= 4 is 17.0 Å². The van der Waals surface area contributed by atoms with Gasteiger partial charge in [0, 0.05) is 17.3 Å². The standard InChI is InChI=1S/C5H4N2O4S/c8-4(9)3-1-2-6-5(7-3)12(10)11/h1-2H,(H,8,9)(H,10,11)/p-1. The van der Waals surface area contributed by atoms with Gasteiger partial charge in [0.1, 0.15) is 0 Å². The Morgan fingerprint density at radius 1 is 1.67 bits per heavy atom. The predicted octanol–water partition coefficient (Wildman–Crippen LogP) is -0.587. The van der Waals surface area contributed by atoms with Crippen LogP contribution in [0.15, 0.2) is 17.4 Å². The van der Waals surface area contributed by atoms with Crippen LogP contribution in [0.3, 0.4) is 0 Å². The van der Waals surface area contributed by atoms with Gasteiger partial charge in [-0.15, -0.1) is 0 Å². The van der Waals surface area contributed by atoms with Crippen LogP contribution in [0.5, 0.6) is 0 Å². The molecule has 1 aromatic heterocycles. The SMILES string of the molecule is O=C(O)c1ccnc(S(=O)[O-])n1. The van der Waals surface area contributed by atoms with E-state index in [9.17, 15) is 13.6 Å². The molecule has 6 nitrogen and oxygen atoms in total. The van der Waals surface area contributed by atoms with Crippen LogP contribution < -0.4 is 0 Å². The number of aromatic nitrogens is 2. The van der Waals surface area contributed by atoms with Crippen molar-refractivity contribution in [1.82, 2.24) is 9.97 Å². The molecule has 0 saturated carbocycles. The smallest absolute Gasteiger partial charge is 0.354 e. The van der Waals surface area contributed by atoms with E-state index in [4.69, 9.17) is 5.11 Å². The number of carbonyl (C=O) groups is 1. The number of nitrogens with zero attached hydrogens (tertiary/aromatic N) is 2. The van der Waals surface area contributed by atoms with E-state index < -0.39 is 22.2 Å². The van der Waals surface area contributed by atoms with Crippen LogP contribution in [0.25, 0.3) is 0 Å². The maximum Gasteiger partial charge on any atom is 0.354 e. The lowest BCUT2D eigenvalue weighted by molar-refractivity contribution is 0.0689. The second-order valence-corrected chi connectivity index (χ2v) is 2.60. The number of carboxylic acids is 1. The fourth-order valence-corrected chi connectivity index (χ4v) is 0.860. The molecule has 1 unspecified atom stereocenters. The Kier molecular flexibility index (Phi) is 2.46. The van der Waals surface area contributed by atoms with Crippen LogP contribution >= 0.6 is 0 Å². The number of hydrogen-bond donors (Lipinski definition) is 1. The molecule has 0 fully saturated rings. The van der Waals surface area contributed by atoms with E-state index >= 15 is 0 Å². The minimum absolute atomic E-state index is 0.343. The molecular formula is C5H3N2O4S-. The molecule has 1 atom stereocenters. The van der Waals surface area contributed by atoms with E-state index in [-0.39, 0.29) is 5.69 Å². The van der Waals surface area contributed by atoms with Crippen molar-refractivity contribution < 1.29 is 18.7 Å². The Hall–Kier alpha value is -1.34. The fourth-order valence-electron chi connectivity index (χ4n) is 0.540. The third kappa shape index (κ3) is 1.83. The average Bonchev–Trinajstić information content (AvgIpc) is 2.04. The molecule has 0 bridgehead atoms. The van der Waals surface area contributed by atoms with Crippen molar-refractivity contribution in [2.45, 2.75) is 5.16 Å². The quantitative estimate of drug-likeness (QED) is 0.490. The van der Waals surface area contributed by atoms with Gasteiger partial charge in [0.15, 0.2) is 5.69 Å². The lowest BCUT2D eigenvalue weighted by Gasteiger charge is -2.01. The third-order valence-electron chi connectivity index (χ3n) is 1.00. The summed E-state index contributed by atoms with van der Waals surface area (Å²) in [7, 11) is 0. The second kappa shape index (κ2) is 3.37. The lowest BCUT2D eigenvalue weighted by Crippen LogP contribution is -2.05. The number of aromatic carboxylic acids is 1. The molecule has 0 amide bonds. The summed E-state index contributed by atoms with van der Waals surface area (Å²) < 4.78 is 20.5. The summed E-state index contributed by atoms with van der Waals surface area (Å²) in [6.07, 6.45) is 1.07. The van der Waals surface area contributed by atoms with Gasteiger partial charge >= 0.3 is 5.97 Å². The molecule has 0 spiro atoms. The van der Waals surface area contributed by atoms with Gasteiger partial charge in [-0.3, -0.25) is 4.21 Å². The van der Waals surface area contributed by atoms with Crippen molar-refractivity contribution in [3.63, 3.8) is 0 Å². The molecule has 64 valence electrons. The van der Waals surface area contributed by atoms with Crippen molar-refractivity contribution in [2.24, 2.45) is 0 Å². The topological polar surface area (TPSA) is 103 Å². The van der Waals surface area contributed by atoms with E-state index in [1.165, 1.54) is 0 Å². The molecule has 0 aliphatic carbocycles. The number of carboxylic acid groups (broad SMARTS) is 1. The highest BCUT2D eigenvalue weighted by Gasteiger charge is 2.05. The molecule has 7 heteroatoms. The summed E-state index contributed by atoms with van der Waals surface area (Å²) in [5.74, 6) is -1.29. The van der Waals surface area contributed by atoms with Crippen LogP contribution in [0.4, 0.5) is 0 Å². The molecule has 1 heterocycles. The van der Waals surface area contributed by atoms with E-state index in [0.717, 1.165) is 12.3 Å². The highest BCUT2D eigenvalue weighted by atomic mass is 32.2. The normalized spacial score (nSPS) is 12.4. The highest BCUT2D eigenvalue weighted by molar-refractivity contribution is 7.78. The van der Waals surface area contributed by atoms with Crippen molar-refractivity contribution in [3.05, 3.63) is 18.0 Å². The van der Waals surface area contributed by atoms with Gasteiger partial charge in [0.05, 0.1) is 0 Å². The van der Waals surface area contributed by atoms with Gasteiger partial charge in [0.2, 0.25) is 5.16 Å². The summed E-state index contributed by atoms with van der Waals surface area (Å²) in [6.45, 7) is 0. The summed E-state index contributed by atoms with van der Waals surface area (Å²) in [4.78, 5) is 16.9. The third-order valence-corrected chi connectivity index (χ3v) is 1.50. The molecule has 0 aromatic carbocycles. The number of hydrogen-bond acceptors (Lipinski definition) is 5. The minimum Gasteiger partial charge on any atom is -0.766 e. The fraction of sp³-hybridized carbons (Fsp3) is 0. The molecule has 0 saturated heterocycles. The van der Waals surface area contributed by atoms with E-state index in [1.54, 1.807) is 0 Å². The van der Waals surface area contributed by atoms with Gasteiger partial charge in [-0.25, -0.2) is 14.8 Å². The lowest BCUT2D eigenvalue weighted by atomic mass is 10.4. The summed E-state index contributed by atoms with van der Waals surface area (Å²) >= 11 is -2.59. The van der Waals surface area contributed by atoms with E-state index in [0.29, 0.717) is 0 Å². The van der Waals surface area contributed by atoms with Gasteiger partial charge in [-0.05, 0) is 6.07 Å². The first-order valence-electron chi connectivity index (χ1n) is 2.77. The second-order valence-electron chi connectivity index (χ2n) is 1.76. The van der Waals surface area contributed by atoms with Crippen LogP contribution in [0.1, 0.15) is 10.5 Å². The molecule has 1 N–H and O–H groups in total. The van der Waals surface area contributed by atoms with Crippen LogP contribution in [0.2, 0.25) is 0 Å². The zero-order valence-electron chi connectivity index (χ0n) is 5.63. The zero-order chi connectivity index (χ0) is 9.14. The minimum atomic E-state index is -2.59. The average molecular weight is 187 g/mol. The van der Waals surface area contributed by atoms with Gasteiger partial charge in [-0.1, -0.05) is 0 Å². The molecule has 12 heavy (non-hydrogen) atoms. The Labute approximate surface area is 69.6 Å². The highest BCUT2D eigenvalue weighted by Crippen LogP contribution is 1.97. The molecule has 1 aromatic rings. The largest absolute Gasteiger partial charge is 0.766 e. The Morgan fingerprint density at radius 2 is 2.33 bits per heavy atom. The summed E-state index contributed by atoms with van der Waals surface area (Å²) in [5.41, 5.74) is -0.343. The maximum absolute atomic E-state index is 10.3. The molecule has 0 aliphatic rings. The first-order valence-corrected chi connectivity index (χ1v) is 3.84. The Morgan fingerprint density at radius 3 is 2.83 bits per heavy atom. The van der Waals surface area contributed by atoms with Gasteiger partial charge < -0.3 is 9.66 Å². The zero-order valence-corrected chi connectivity index (χ0v) is 6.45. The monoisotopic (exact) mass is 187 g/mol. The van der Waals surface area contributed by atoms with Crippen LogP contribution in [-0.4, -0.2) is 29.8 Å². The Balaban J connectivity index is 3.12.